The number of hydrogen-bond donors (Lipinski definition) is 0. The quantitative estimate of drug-likeness (QED) is 0.730. The number of hydrogen-bond acceptors (Lipinski definition) is 3. The van der Waals surface area contributed by atoms with Gasteiger partial charge in [0.15, 0.2) is 0 Å². The largest absolute Gasteiger partial charge is 0.456 e. The van der Waals surface area contributed by atoms with E-state index in [1.165, 1.54) is 0 Å². The van der Waals surface area contributed by atoms with Crippen molar-refractivity contribution in [3.63, 3.8) is 0 Å². The predicted molar refractivity (Wildman–Crippen MR) is 77.4 cm³/mol. The molecule has 0 amide bonds. The van der Waals surface area contributed by atoms with E-state index in [0.717, 1.165) is 57.8 Å². The van der Waals surface area contributed by atoms with Gasteiger partial charge in [-0.1, -0.05) is 6.92 Å². The summed E-state index contributed by atoms with van der Waals surface area (Å²) in [6.07, 6.45) is 10.0. The van der Waals surface area contributed by atoms with Gasteiger partial charge in [0.25, 0.3) is 0 Å². The topological polar surface area (TPSA) is 35.5 Å². The molecule has 3 heteroatoms. The fraction of sp³-hybridized carbons (Fsp3) is 0.941. The maximum atomic E-state index is 12.6. The van der Waals surface area contributed by atoms with Crippen LogP contribution in [0, 0.1) is 5.41 Å². The summed E-state index contributed by atoms with van der Waals surface area (Å²) in [6.45, 7) is 6.03. The highest BCUT2D eigenvalue weighted by Gasteiger charge is 2.62. The molecule has 0 atom stereocenters. The van der Waals surface area contributed by atoms with Crippen molar-refractivity contribution in [2.24, 2.45) is 5.41 Å². The molecule has 3 aliphatic rings. The van der Waals surface area contributed by atoms with Crippen molar-refractivity contribution in [2.75, 3.05) is 0 Å². The smallest absolute Gasteiger partial charge is 0.312 e. The van der Waals surface area contributed by atoms with Crippen LogP contribution >= 0.6 is 0 Å². The van der Waals surface area contributed by atoms with E-state index < -0.39 is 0 Å². The lowest BCUT2D eigenvalue weighted by Crippen LogP contribution is -2.55. The summed E-state index contributed by atoms with van der Waals surface area (Å²) in [5.41, 5.74) is -0.877. The van der Waals surface area contributed by atoms with E-state index in [1.54, 1.807) is 0 Å². The molecule has 114 valence electrons. The summed E-state index contributed by atoms with van der Waals surface area (Å²) in [6, 6.07) is 0. The van der Waals surface area contributed by atoms with Crippen LogP contribution in [0.4, 0.5) is 0 Å². The fourth-order valence-corrected chi connectivity index (χ4v) is 4.23. The Kier molecular flexibility index (Phi) is 3.39. The molecular weight excluding hydrogens is 252 g/mol. The Balaban J connectivity index is 1.84. The minimum absolute atomic E-state index is 0.0322. The van der Waals surface area contributed by atoms with Crippen LogP contribution in [-0.4, -0.2) is 23.3 Å². The molecule has 0 aromatic rings. The molecular formula is C17H28O3. The summed E-state index contributed by atoms with van der Waals surface area (Å²) in [7, 11) is 0. The first-order valence-electron chi connectivity index (χ1n) is 8.34. The van der Waals surface area contributed by atoms with Gasteiger partial charge in [-0.25, -0.2) is 0 Å². The molecule has 2 saturated heterocycles. The molecule has 3 rings (SSSR count). The second-order valence-electron chi connectivity index (χ2n) is 7.64. The van der Waals surface area contributed by atoms with Crippen LogP contribution in [0.25, 0.3) is 0 Å². The highest BCUT2D eigenvalue weighted by atomic mass is 16.6. The predicted octanol–water partition coefficient (Wildman–Crippen LogP) is 3.99. The second kappa shape index (κ2) is 4.72. The van der Waals surface area contributed by atoms with E-state index >= 15 is 0 Å². The van der Waals surface area contributed by atoms with Gasteiger partial charge >= 0.3 is 5.97 Å². The Morgan fingerprint density at radius 1 is 1.20 bits per heavy atom. The van der Waals surface area contributed by atoms with Crippen molar-refractivity contribution in [1.82, 2.24) is 0 Å². The SMILES string of the molecule is CCC(C)(C)C(=O)OC1(C23CCC(CC2)O3)CCCC1. The molecule has 0 spiro atoms. The molecule has 2 heterocycles. The van der Waals surface area contributed by atoms with Crippen molar-refractivity contribution >= 4 is 5.97 Å². The van der Waals surface area contributed by atoms with Gasteiger partial charge in [-0.15, -0.1) is 0 Å². The second-order valence-corrected chi connectivity index (χ2v) is 7.64. The number of rotatable bonds is 4. The van der Waals surface area contributed by atoms with Crippen molar-refractivity contribution < 1.29 is 14.3 Å². The molecule has 3 fully saturated rings. The van der Waals surface area contributed by atoms with Crippen LogP contribution in [0.1, 0.15) is 78.6 Å². The Morgan fingerprint density at radius 2 is 1.80 bits per heavy atom. The van der Waals surface area contributed by atoms with Gasteiger partial charge in [-0.3, -0.25) is 4.79 Å². The molecule has 0 N–H and O–H groups in total. The summed E-state index contributed by atoms with van der Waals surface area (Å²) < 4.78 is 12.5. The minimum Gasteiger partial charge on any atom is -0.456 e. The molecule has 0 aromatic heterocycles. The van der Waals surface area contributed by atoms with Gasteiger partial charge in [0.1, 0.15) is 11.2 Å². The molecule has 2 bridgehead atoms. The molecule has 1 aliphatic carbocycles. The Labute approximate surface area is 122 Å². The van der Waals surface area contributed by atoms with Gasteiger partial charge in [0, 0.05) is 0 Å². The molecule has 0 unspecified atom stereocenters. The first kappa shape index (κ1) is 14.4. The lowest BCUT2D eigenvalue weighted by molar-refractivity contribution is -0.203. The molecule has 1 saturated carbocycles. The van der Waals surface area contributed by atoms with Crippen LogP contribution < -0.4 is 0 Å². The number of carbonyl (C=O) groups excluding carboxylic acids is 1. The number of fused-ring (bicyclic) bond motifs is 2. The maximum absolute atomic E-state index is 12.6. The molecule has 2 aliphatic heterocycles. The normalized spacial score (nSPS) is 35.5. The average Bonchev–Trinajstić information content (AvgIpc) is 3.14. The third-order valence-electron chi connectivity index (χ3n) is 6.10. The van der Waals surface area contributed by atoms with Crippen molar-refractivity contribution in [3.8, 4) is 0 Å². The molecule has 3 nitrogen and oxygen atoms in total. The van der Waals surface area contributed by atoms with Gasteiger partial charge in [-0.05, 0) is 71.6 Å². The van der Waals surface area contributed by atoms with E-state index in [9.17, 15) is 4.79 Å². The monoisotopic (exact) mass is 280 g/mol. The third-order valence-corrected chi connectivity index (χ3v) is 6.10. The fourth-order valence-electron chi connectivity index (χ4n) is 4.23. The zero-order chi connectivity index (χ0) is 14.4. The van der Waals surface area contributed by atoms with Crippen molar-refractivity contribution in [3.05, 3.63) is 0 Å². The Bertz CT molecular complexity index is 385. The summed E-state index contributed by atoms with van der Waals surface area (Å²) in [5.74, 6) is -0.0322. The van der Waals surface area contributed by atoms with Gasteiger partial charge in [0.05, 0.1) is 11.5 Å². The lowest BCUT2D eigenvalue weighted by atomic mass is 9.74. The van der Waals surface area contributed by atoms with E-state index in [-0.39, 0.29) is 22.6 Å². The molecule has 0 radical (unpaired) electrons. The summed E-state index contributed by atoms with van der Waals surface area (Å²) in [5, 5.41) is 0. The van der Waals surface area contributed by atoms with Crippen LogP contribution in [0.5, 0.6) is 0 Å². The van der Waals surface area contributed by atoms with Crippen molar-refractivity contribution in [1.29, 1.82) is 0 Å². The average molecular weight is 280 g/mol. The van der Waals surface area contributed by atoms with E-state index in [4.69, 9.17) is 9.47 Å². The van der Waals surface area contributed by atoms with Crippen LogP contribution in [0.2, 0.25) is 0 Å². The van der Waals surface area contributed by atoms with E-state index in [1.807, 2.05) is 13.8 Å². The van der Waals surface area contributed by atoms with Crippen LogP contribution in [0.15, 0.2) is 0 Å². The standard InChI is InChI=1S/C17H28O3/c1-4-15(2,3)14(18)20-16(9-5-6-10-16)17-11-7-13(19-17)8-12-17/h13H,4-12H2,1-3H3. The molecule has 0 aromatic carbocycles. The molecule has 20 heavy (non-hydrogen) atoms. The van der Waals surface area contributed by atoms with Gasteiger partial charge in [-0.2, -0.15) is 0 Å². The third kappa shape index (κ3) is 2.01. The first-order valence-corrected chi connectivity index (χ1v) is 8.34. The Hall–Kier alpha value is -0.570. The lowest BCUT2D eigenvalue weighted by Gasteiger charge is -2.44. The summed E-state index contributed by atoms with van der Waals surface area (Å²) >= 11 is 0. The highest BCUT2D eigenvalue weighted by Crippen LogP contribution is 2.56. The van der Waals surface area contributed by atoms with Gasteiger partial charge < -0.3 is 9.47 Å². The Morgan fingerprint density at radius 3 is 2.25 bits per heavy atom. The number of carbonyl (C=O) groups is 1. The van der Waals surface area contributed by atoms with Crippen LogP contribution in [0.3, 0.4) is 0 Å². The van der Waals surface area contributed by atoms with E-state index in [0.29, 0.717) is 6.10 Å². The minimum atomic E-state index is -0.386. The maximum Gasteiger partial charge on any atom is 0.312 e. The zero-order valence-electron chi connectivity index (χ0n) is 13.2. The first-order chi connectivity index (χ1) is 9.43. The highest BCUT2D eigenvalue weighted by molar-refractivity contribution is 5.76. The van der Waals surface area contributed by atoms with Crippen LogP contribution in [-0.2, 0) is 14.3 Å². The van der Waals surface area contributed by atoms with Crippen molar-refractivity contribution in [2.45, 2.75) is 95.9 Å². The number of esters is 1. The number of ether oxygens (including phenoxy) is 2. The zero-order valence-corrected chi connectivity index (χ0v) is 13.2. The summed E-state index contributed by atoms with van der Waals surface area (Å²) in [4.78, 5) is 12.6. The van der Waals surface area contributed by atoms with E-state index in [2.05, 4.69) is 6.92 Å². The van der Waals surface area contributed by atoms with Gasteiger partial charge in [0.2, 0.25) is 0 Å².